The molecule has 1 amide bonds. The maximum atomic E-state index is 11.9. The maximum Gasteiger partial charge on any atom is 0.316 e. The zero-order valence-corrected chi connectivity index (χ0v) is 15.8. The normalized spacial score (nSPS) is 12.3. The fourth-order valence-electron chi connectivity index (χ4n) is 2.46. The number of amides is 1. The van der Waals surface area contributed by atoms with E-state index >= 15 is 0 Å². The van der Waals surface area contributed by atoms with Crippen molar-refractivity contribution in [3.63, 3.8) is 0 Å². The fraction of sp³-hybridized carbons (Fsp3) is 0.300. The van der Waals surface area contributed by atoms with Gasteiger partial charge in [0.15, 0.2) is 18.1 Å². The molecule has 27 heavy (non-hydrogen) atoms. The Hall–Kier alpha value is -2.67. The first-order valence-electron chi connectivity index (χ1n) is 8.71. The summed E-state index contributed by atoms with van der Waals surface area (Å²) in [5, 5.41) is 2.70. The molecule has 1 aliphatic rings. The van der Waals surface area contributed by atoms with Crippen LogP contribution in [-0.2, 0) is 20.7 Å². The van der Waals surface area contributed by atoms with Gasteiger partial charge in [-0.25, -0.2) is 0 Å². The van der Waals surface area contributed by atoms with Crippen molar-refractivity contribution in [3.05, 3.63) is 48.0 Å². The predicted octanol–water partition coefficient (Wildman–Crippen LogP) is 3.29. The molecule has 1 heterocycles. The van der Waals surface area contributed by atoms with E-state index in [2.05, 4.69) is 12.2 Å². The molecule has 0 fully saturated rings. The number of hydrogen-bond acceptors (Lipinski definition) is 6. The molecule has 0 radical (unpaired) electrons. The monoisotopic (exact) mass is 387 g/mol. The Balaban J connectivity index is 1.40. The molecule has 6 nitrogen and oxygen atoms in total. The summed E-state index contributed by atoms with van der Waals surface area (Å²) in [7, 11) is 0. The third-order valence-corrected chi connectivity index (χ3v) is 4.85. The van der Waals surface area contributed by atoms with Crippen LogP contribution in [0.4, 0.5) is 5.69 Å². The van der Waals surface area contributed by atoms with E-state index in [4.69, 9.17) is 14.2 Å². The van der Waals surface area contributed by atoms with Gasteiger partial charge in [-0.05, 0) is 42.3 Å². The highest BCUT2D eigenvalue weighted by molar-refractivity contribution is 8.00. The zero-order chi connectivity index (χ0) is 19.1. The number of fused-ring (bicyclic) bond motifs is 1. The van der Waals surface area contributed by atoms with E-state index < -0.39 is 5.97 Å². The van der Waals surface area contributed by atoms with E-state index in [1.54, 1.807) is 0 Å². The highest BCUT2D eigenvalue weighted by atomic mass is 32.2. The minimum atomic E-state index is -0.452. The molecule has 7 heteroatoms. The van der Waals surface area contributed by atoms with Crippen LogP contribution < -0.4 is 14.8 Å². The molecular formula is C20H21NO5S. The van der Waals surface area contributed by atoms with Gasteiger partial charge in [0.1, 0.15) is 13.2 Å². The molecule has 0 unspecified atom stereocenters. The fourth-order valence-corrected chi connectivity index (χ4v) is 3.19. The second kappa shape index (κ2) is 9.32. The Morgan fingerprint density at radius 2 is 1.81 bits per heavy atom. The van der Waals surface area contributed by atoms with Crippen molar-refractivity contribution in [1.29, 1.82) is 0 Å². The third kappa shape index (κ3) is 5.65. The summed E-state index contributed by atoms with van der Waals surface area (Å²) in [6.45, 7) is 2.81. The van der Waals surface area contributed by atoms with Crippen molar-refractivity contribution in [1.82, 2.24) is 0 Å². The lowest BCUT2D eigenvalue weighted by Gasteiger charge is -2.18. The highest BCUT2D eigenvalue weighted by Crippen LogP contribution is 2.34. The van der Waals surface area contributed by atoms with Gasteiger partial charge in [-0.2, -0.15) is 0 Å². The zero-order valence-electron chi connectivity index (χ0n) is 15.0. The summed E-state index contributed by atoms with van der Waals surface area (Å²) in [5.74, 6) is 0.672. The van der Waals surface area contributed by atoms with Crippen LogP contribution in [0.3, 0.4) is 0 Å². The Kier molecular flexibility index (Phi) is 6.59. The molecule has 1 aliphatic heterocycles. The number of carbonyl (C=O) groups is 2. The van der Waals surface area contributed by atoms with Crippen LogP contribution in [-0.4, -0.2) is 37.4 Å². The van der Waals surface area contributed by atoms with Crippen LogP contribution in [0.5, 0.6) is 11.5 Å². The highest BCUT2D eigenvalue weighted by Gasteiger charge is 2.13. The average Bonchev–Trinajstić information content (AvgIpc) is 2.71. The van der Waals surface area contributed by atoms with Gasteiger partial charge in [0.25, 0.3) is 5.91 Å². The largest absolute Gasteiger partial charge is 0.486 e. The molecule has 142 valence electrons. The van der Waals surface area contributed by atoms with Crippen molar-refractivity contribution in [2.24, 2.45) is 0 Å². The Morgan fingerprint density at radius 3 is 2.56 bits per heavy atom. The topological polar surface area (TPSA) is 73.9 Å². The quantitative estimate of drug-likeness (QED) is 0.580. The summed E-state index contributed by atoms with van der Waals surface area (Å²) in [6, 6.07) is 13.1. The molecule has 0 aliphatic carbocycles. The minimum Gasteiger partial charge on any atom is -0.486 e. The number of aryl methyl sites for hydroxylation is 1. The van der Waals surface area contributed by atoms with Gasteiger partial charge >= 0.3 is 5.97 Å². The molecule has 2 aromatic rings. The summed E-state index contributed by atoms with van der Waals surface area (Å²) in [4.78, 5) is 24.6. The first kappa shape index (κ1) is 19.1. The molecule has 0 saturated carbocycles. The van der Waals surface area contributed by atoms with Crippen molar-refractivity contribution in [2.45, 2.75) is 18.2 Å². The van der Waals surface area contributed by atoms with Gasteiger partial charge in [-0.3, -0.25) is 9.59 Å². The van der Waals surface area contributed by atoms with E-state index in [9.17, 15) is 9.59 Å². The molecule has 0 spiro atoms. The van der Waals surface area contributed by atoms with E-state index in [-0.39, 0.29) is 18.3 Å². The Labute approximate surface area is 162 Å². The Morgan fingerprint density at radius 1 is 1.07 bits per heavy atom. The van der Waals surface area contributed by atoms with E-state index in [1.807, 2.05) is 42.5 Å². The molecule has 0 bridgehead atoms. The van der Waals surface area contributed by atoms with E-state index in [1.165, 1.54) is 17.3 Å². The number of anilines is 1. The first-order valence-corrected chi connectivity index (χ1v) is 9.69. The van der Waals surface area contributed by atoms with E-state index in [0.29, 0.717) is 30.4 Å². The average molecular weight is 387 g/mol. The van der Waals surface area contributed by atoms with Gasteiger partial charge in [0.2, 0.25) is 0 Å². The van der Waals surface area contributed by atoms with Gasteiger partial charge < -0.3 is 19.5 Å². The Bertz CT molecular complexity index is 807. The number of carbonyl (C=O) groups excluding carboxylic acids is 2. The lowest BCUT2D eigenvalue weighted by Crippen LogP contribution is -2.21. The first-order chi connectivity index (χ1) is 13.1. The molecule has 0 saturated heterocycles. The minimum absolute atomic E-state index is 0.109. The number of thioether (sulfide) groups is 1. The molecule has 2 aromatic carbocycles. The molecule has 3 rings (SSSR count). The van der Waals surface area contributed by atoms with Crippen LogP contribution >= 0.6 is 11.8 Å². The lowest BCUT2D eigenvalue weighted by molar-refractivity contribution is -0.144. The molecule has 0 atom stereocenters. The van der Waals surface area contributed by atoms with Crippen molar-refractivity contribution in [2.75, 3.05) is 30.9 Å². The van der Waals surface area contributed by atoms with Crippen LogP contribution in [0.25, 0.3) is 0 Å². The number of hydrogen-bond donors (Lipinski definition) is 1. The number of rotatable bonds is 7. The van der Waals surface area contributed by atoms with Gasteiger partial charge in [-0.15, -0.1) is 11.8 Å². The maximum absolute atomic E-state index is 11.9. The summed E-state index contributed by atoms with van der Waals surface area (Å²) in [6.07, 6.45) is 0.937. The molecule has 0 aromatic heterocycles. The van der Waals surface area contributed by atoms with Crippen LogP contribution in [0, 0.1) is 0 Å². The number of nitrogens with one attached hydrogen (secondary N) is 1. The van der Waals surface area contributed by atoms with Crippen molar-refractivity contribution >= 4 is 29.3 Å². The molecule has 1 N–H and O–H groups in total. The van der Waals surface area contributed by atoms with Gasteiger partial charge in [0.05, 0.1) is 5.75 Å². The summed E-state index contributed by atoms with van der Waals surface area (Å²) in [5.41, 5.74) is 1.87. The van der Waals surface area contributed by atoms with Gasteiger partial charge in [-0.1, -0.05) is 19.1 Å². The number of esters is 1. The molecular weight excluding hydrogens is 366 g/mol. The summed E-state index contributed by atoms with van der Waals surface area (Å²) < 4.78 is 16.0. The van der Waals surface area contributed by atoms with Gasteiger partial charge in [0, 0.05) is 10.6 Å². The summed E-state index contributed by atoms with van der Waals surface area (Å²) >= 11 is 1.32. The SMILES string of the molecule is CCc1ccc(NC(=O)COC(=O)CSc2ccc3c(c2)OCCO3)cc1. The smallest absolute Gasteiger partial charge is 0.316 e. The van der Waals surface area contributed by atoms with E-state index in [0.717, 1.165) is 11.3 Å². The third-order valence-electron chi connectivity index (χ3n) is 3.88. The number of ether oxygens (including phenoxy) is 3. The van der Waals surface area contributed by atoms with Crippen molar-refractivity contribution in [3.8, 4) is 11.5 Å². The standard InChI is InChI=1S/C20H21NO5S/c1-2-14-3-5-15(6-4-14)21-19(22)12-26-20(23)13-27-16-7-8-17-18(11-16)25-10-9-24-17/h3-8,11H,2,9-10,12-13H2,1H3,(H,21,22). The van der Waals surface area contributed by atoms with Crippen LogP contribution in [0.15, 0.2) is 47.4 Å². The second-order valence-electron chi connectivity index (χ2n) is 5.85. The van der Waals surface area contributed by atoms with Crippen molar-refractivity contribution < 1.29 is 23.8 Å². The van der Waals surface area contributed by atoms with Crippen LogP contribution in [0.1, 0.15) is 12.5 Å². The van der Waals surface area contributed by atoms with Crippen LogP contribution in [0.2, 0.25) is 0 Å². The lowest BCUT2D eigenvalue weighted by atomic mass is 10.1. The number of benzene rings is 2. The predicted molar refractivity (Wildman–Crippen MR) is 104 cm³/mol. The second-order valence-corrected chi connectivity index (χ2v) is 6.90.